The summed E-state index contributed by atoms with van der Waals surface area (Å²) in [6, 6.07) is 0.707. The first kappa shape index (κ1) is 15.2. The van der Waals surface area contributed by atoms with Crippen LogP contribution >= 0.6 is 0 Å². The molecule has 0 aromatic carbocycles. The monoisotopic (exact) mass is 289 g/mol. The Kier molecular flexibility index (Phi) is 5.62. The molecule has 112 valence electrons. The van der Waals surface area contributed by atoms with Gasteiger partial charge in [0.15, 0.2) is 0 Å². The SMILES string of the molecule is CCN(CCNS(=O)(=O)CC1CCNCC1)C1CC1. The highest BCUT2D eigenvalue weighted by atomic mass is 32.2. The van der Waals surface area contributed by atoms with Crippen LogP contribution in [0.5, 0.6) is 0 Å². The van der Waals surface area contributed by atoms with Crippen molar-refractivity contribution in [3.05, 3.63) is 0 Å². The van der Waals surface area contributed by atoms with E-state index in [0.29, 0.717) is 24.3 Å². The summed E-state index contributed by atoms with van der Waals surface area (Å²) in [5, 5.41) is 3.26. The van der Waals surface area contributed by atoms with Crippen molar-refractivity contribution < 1.29 is 8.42 Å². The van der Waals surface area contributed by atoms with Crippen molar-refractivity contribution in [3.63, 3.8) is 0 Å². The van der Waals surface area contributed by atoms with E-state index in [0.717, 1.165) is 39.0 Å². The highest BCUT2D eigenvalue weighted by Gasteiger charge is 2.27. The smallest absolute Gasteiger partial charge is 0.211 e. The Bertz CT molecular complexity index is 362. The molecule has 1 heterocycles. The van der Waals surface area contributed by atoms with E-state index < -0.39 is 10.0 Å². The van der Waals surface area contributed by atoms with Crippen molar-refractivity contribution in [2.75, 3.05) is 38.5 Å². The summed E-state index contributed by atoms with van der Waals surface area (Å²) in [6.45, 7) is 6.45. The van der Waals surface area contributed by atoms with Crippen molar-refractivity contribution in [1.82, 2.24) is 14.9 Å². The molecule has 1 aliphatic heterocycles. The molecule has 2 rings (SSSR count). The third kappa shape index (κ3) is 5.38. The molecule has 0 atom stereocenters. The number of likely N-dealkylation sites (N-methyl/N-ethyl adjacent to an activating group) is 1. The lowest BCUT2D eigenvalue weighted by Crippen LogP contribution is -2.39. The van der Waals surface area contributed by atoms with E-state index in [4.69, 9.17) is 0 Å². The number of rotatable bonds is 8. The molecule has 0 bridgehead atoms. The van der Waals surface area contributed by atoms with Gasteiger partial charge in [0.2, 0.25) is 10.0 Å². The summed E-state index contributed by atoms with van der Waals surface area (Å²) in [4.78, 5) is 2.37. The number of hydrogen-bond acceptors (Lipinski definition) is 4. The van der Waals surface area contributed by atoms with Gasteiger partial charge >= 0.3 is 0 Å². The third-order valence-corrected chi connectivity index (χ3v) is 5.66. The lowest BCUT2D eigenvalue weighted by atomic mass is 10.0. The second-order valence-electron chi connectivity index (χ2n) is 5.73. The molecule has 5 nitrogen and oxygen atoms in total. The Balaban J connectivity index is 1.67. The highest BCUT2D eigenvalue weighted by Crippen LogP contribution is 2.25. The zero-order valence-corrected chi connectivity index (χ0v) is 12.7. The molecule has 2 aliphatic rings. The van der Waals surface area contributed by atoms with E-state index in [2.05, 4.69) is 21.9 Å². The molecule has 0 aromatic rings. The van der Waals surface area contributed by atoms with Crippen LogP contribution in [0.3, 0.4) is 0 Å². The molecule has 0 spiro atoms. The average molecular weight is 289 g/mol. The molecule has 0 unspecified atom stereocenters. The first-order valence-corrected chi connectivity index (χ1v) is 9.18. The first-order valence-electron chi connectivity index (χ1n) is 7.53. The molecule has 1 aliphatic carbocycles. The van der Waals surface area contributed by atoms with E-state index in [1.165, 1.54) is 12.8 Å². The summed E-state index contributed by atoms with van der Waals surface area (Å²) >= 11 is 0. The van der Waals surface area contributed by atoms with Crippen molar-refractivity contribution in [3.8, 4) is 0 Å². The molecule has 2 fully saturated rings. The van der Waals surface area contributed by atoms with Crippen LogP contribution in [0.1, 0.15) is 32.6 Å². The largest absolute Gasteiger partial charge is 0.317 e. The van der Waals surface area contributed by atoms with Crippen LogP contribution in [0, 0.1) is 5.92 Å². The molecule has 2 N–H and O–H groups in total. The van der Waals surface area contributed by atoms with Gasteiger partial charge in [0.25, 0.3) is 0 Å². The van der Waals surface area contributed by atoms with Crippen LogP contribution < -0.4 is 10.0 Å². The minimum Gasteiger partial charge on any atom is -0.317 e. The van der Waals surface area contributed by atoms with Gasteiger partial charge in [-0.05, 0) is 51.2 Å². The highest BCUT2D eigenvalue weighted by molar-refractivity contribution is 7.89. The summed E-state index contributed by atoms with van der Waals surface area (Å²) < 4.78 is 26.8. The first-order chi connectivity index (χ1) is 9.11. The summed E-state index contributed by atoms with van der Waals surface area (Å²) in [6.07, 6.45) is 4.50. The van der Waals surface area contributed by atoms with Gasteiger partial charge < -0.3 is 5.32 Å². The molecular formula is C13H27N3O2S. The molecule has 1 saturated carbocycles. The second kappa shape index (κ2) is 7.02. The van der Waals surface area contributed by atoms with Crippen LogP contribution in [0.15, 0.2) is 0 Å². The van der Waals surface area contributed by atoms with Gasteiger partial charge in [-0.15, -0.1) is 0 Å². The van der Waals surface area contributed by atoms with E-state index in [1.54, 1.807) is 0 Å². The normalized spacial score (nSPS) is 22.0. The maximum atomic E-state index is 12.0. The third-order valence-electron chi connectivity index (χ3n) is 4.10. The van der Waals surface area contributed by atoms with Crippen molar-refractivity contribution in [2.45, 2.75) is 38.6 Å². The maximum Gasteiger partial charge on any atom is 0.211 e. The summed E-state index contributed by atoms with van der Waals surface area (Å²) in [5.41, 5.74) is 0. The predicted octanol–water partition coefficient (Wildman–Crippen LogP) is 0.390. The van der Waals surface area contributed by atoms with E-state index in [9.17, 15) is 8.42 Å². The second-order valence-corrected chi connectivity index (χ2v) is 7.58. The minimum absolute atomic E-state index is 0.296. The summed E-state index contributed by atoms with van der Waals surface area (Å²) in [5.74, 6) is 0.619. The lowest BCUT2D eigenvalue weighted by molar-refractivity contribution is 0.282. The number of hydrogen-bond donors (Lipinski definition) is 2. The summed E-state index contributed by atoms with van der Waals surface area (Å²) in [7, 11) is -3.09. The van der Waals surface area contributed by atoms with Crippen LogP contribution in [0.25, 0.3) is 0 Å². The Morgan fingerprint density at radius 1 is 1.21 bits per heavy atom. The molecule has 0 radical (unpaired) electrons. The zero-order valence-electron chi connectivity index (χ0n) is 11.9. The molecular weight excluding hydrogens is 262 g/mol. The molecule has 6 heteroatoms. The van der Waals surface area contributed by atoms with Crippen LogP contribution in [0.4, 0.5) is 0 Å². The quantitative estimate of drug-likeness (QED) is 0.678. The van der Waals surface area contributed by atoms with E-state index >= 15 is 0 Å². The van der Waals surface area contributed by atoms with Gasteiger partial charge in [-0.25, -0.2) is 13.1 Å². The van der Waals surface area contributed by atoms with Gasteiger partial charge in [0.1, 0.15) is 0 Å². The predicted molar refractivity (Wildman–Crippen MR) is 77.7 cm³/mol. The van der Waals surface area contributed by atoms with Crippen molar-refractivity contribution >= 4 is 10.0 Å². The van der Waals surface area contributed by atoms with Gasteiger partial charge in [0.05, 0.1) is 5.75 Å². The Hall–Kier alpha value is -0.170. The fraction of sp³-hybridized carbons (Fsp3) is 1.00. The fourth-order valence-electron chi connectivity index (χ4n) is 2.80. The standard InChI is InChI=1S/C13H27N3O2S/c1-2-16(13-3-4-13)10-9-15-19(17,18)11-12-5-7-14-8-6-12/h12-15H,2-11H2,1H3. The van der Waals surface area contributed by atoms with Crippen LogP contribution in [0.2, 0.25) is 0 Å². The number of nitrogens with zero attached hydrogens (tertiary/aromatic N) is 1. The lowest BCUT2D eigenvalue weighted by Gasteiger charge is -2.23. The van der Waals surface area contributed by atoms with E-state index in [-0.39, 0.29) is 0 Å². The van der Waals surface area contributed by atoms with Gasteiger partial charge in [-0.2, -0.15) is 0 Å². The van der Waals surface area contributed by atoms with Crippen LogP contribution in [-0.2, 0) is 10.0 Å². The number of nitrogens with one attached hydrogen (secondary N) is 2. The number of sulfonamides is 1. The van der Waals surface area contributed by atoms with Crippen LogP contribution in [-0.4, -0.2) is 57.8 Å². The average Bonchev–Trinajstić information content (AvgIpc) is 3.19. The van der Waals surface area contributed by atoms with Gasteiger partial charge in [0, 0.05) is 19.1 Å². The van der Waals surface area contributed by atoms with Crippen molar-refractivity contribution in [1.29, 1.82) is 0 Å². The van der Waals surface area contributed by atoms with Crippen molar-refractivity contribution in [2.24, 2.45) is 5.92 Å². The maximum absolute atomic E-state index is 12.0. The molecule has 19 heavy (non-hydrogen) atoms. The zero-order chi connectivity index (χ0) is 13.7. The van der Waals surface area contributed by atoms with Gasteiger partial charge in [-0.3, -0.25) is 4.90 Å². The van der Waals surface area contributed by atoms with Gasteiger partial charge in [-0.1, -0.05) is 6.92 Å². The molecule has 1 saturated heterocycles. The van der Waals surface area contributed by atoms with E-state index in [1.807, 2.05) is 0 Å². The Morgan fingerprint density at radius 3 is 2.47 bits per heavy atom. The Morgan fingerprint density at radius 2 is 1.89 bits per heavy atom. The topological polar surface area (TPSA) is 61.4 Å². The Labute approximate surface area is 117 Å². The number of piperidine rings is 1. The molecule has 0 aromatic heterocycles. The minimum atomic E-state index is -3.09. The molecule has 0 amide bonds. The fourth-order valence-corrected chi connectivity index (χ4v) is 4.28.